The van der Waals surface area contributed by atoms with E-state index in [0.717, 1.165) is 16.5 Å². The fraction of sp³-hybridized carbons (Fsp3) is 0.500. The van der Waals surface area contributed by atoms with Gasteiger partial charge in [-0.25, -0.2) is 0 Å². The number of benzene rings is 1. The van der Waals surface area contributed by atoms with Crippen LogP contribution < -0.4 is 0 Å². The molecule has 0 bridgehead atoms. The molecule has 2 unspecified atom stereocenters. The second-order valence-electron chi connectivity index (χ2n) is 4.94. The summed E-state index contributed by atoms with van der Waals surface area (Å²) in [4.78, 5) is 11.6. The minimum absolute atomic E-state index is 0.349. The molecule has 4 heteroatoms. The Bertz CT molecular complexity index is 472. The van der Waals surface area contributed by atoms with Gasteiger partial charge in [0, 0.05) is 10.9 Å². The Kier molecular flexibility index (Phi) is 3.78. The smallest absolute Gasteiger partial charge is 0.311 e. The Balaban J connectivity index is 2.25. The Morgan fingerprint density at radius 3 is 2.89 bits per heavy atom. The second-order valence-corrected chi connectivity index (χ2v) is 5.85. The van der Waals surface area contributed by atoms with Crippen molar-refractivity contribution in [3.63, 3.8) is 0 Å². The lowest BCUT2D eigenvalue weighted by Gasteiger charge is -2.37. The zero-order valence-corrected chi connectivity index (χ0v) is 12.2. The van der Waals surface area contributed by atoms with Gasteiger partial charge in [0.05, 0.1) is 18.6 Å². The standard InChI is InChI=1S/C14H17BrO3/c1-9(13(16)18-2)14(17)6-5-10-7-12(15)4-3-11(10)8-14/h3-4,7,9,17H,5-6,8H2,1-2H3. The molecule has 0 amide bonds. The largest absolute Gasteiger partial charge is 0.469 e. The molecular formula is C14H17BrO3. The van der Waals surface area contributed by atoms with Gasteiger partial charge in [-0.15, -0.1) is 0 Å². The van der Waals surface area contributed by atoms with Crippen LogP contribution in [0.5, 0.6) is 0 Å². The van der Waals surface area contributed by atoms with Gasteiger partial charge in [-0.3, -0.25) is 4.79 Å². The molecule has 1 aliphatic rings. The summed E-state index contributed by atoms with van der Waals surface area (Å²) in [6, 6.07) is 6.05. The lowest BCUT2D eigenvalue weighted by molar-refractivity contribution is -0.155. The minimum atomic E-state index is -0.992. The van der Waals surface area contributed by atoms with Crippen LogP contribution in [-0.2, 0) is 22.4 Å². The van der Waals surface area contributed by atoms with Gasteiger partial charge in [-0.1, -0.05) is 22.0 Å². The van der Waals surface area contributed by atoms with Crippen molar-refractivity contribution in [2.45, 2.75) is 31.8 Å². The predicted molar refractivity (Wildman–Crippen MR) is 72.3 cm³/mol. The Morgan fingerprint density at radius 1 is 1.50 bits per heavy atom. The number of carbonyl (C=O) groups excluding carboxylic acids is 1. The molecule has 2 rings (SSSR count). The van der Waals surface area contributed by atoms with Gasteiger partial charge in [0.25, 0.3) is 0 Å². The molecule has 0 heterocycles. The molecule has 0 saturated heterocycles. The second kappa shape index (κ2) is 5.02. The van der Waals surface area contributed by atoms with E-state index in [0.29, 0.717) is 12.8 Å². The van der Waals surface area contributed by atoms with Crippen molar-refractivity contribution >= 4 is 21.9 Å². The summed E-state index contributed by atoms with van der Waals surface area (Å²) < 4.78 is 5.78. The van der Waals surface area contributed by atoms with Crippen LogP contribution in [0.2, 0.25) is 0 Å². The highest BCUT2D eigenvalue weighted by molar-refractivity contribution is 9.10. The number of hydrogen-bond acceptors (Lipinski definition) is 3. The monoisotopic (exact) mass is 312 g/mol. The summed E-state index contributed by atoms with van der Waals surface area (Å²) in [6.07, 6.45) is 1.88. The summed E-state index contributed by atoms with van der Waals surface area (Å²) in [7, 11) is 1.36. The van der Waals surface area contributed by atoms with Crippen LogP contribution in [0.3, 0.4) is 0 Å². The fourth-order valence-corrected chi connectivity index (χ4v) is 2.94. The van der Waals surface area contributed by atoms with E-state index in [-0.39, 0.29) is 5.97 Å². The van der Waals surface area contributed by atoms with Crippen LogP contribution in [-0.4, -0.2) is 23.8 Å². The molecule has 1 aromatic rings. The van der Waals surface area contributed by atoms with E-state index in [2.05, 4.69) is 22.0 Å². The summed E-state index contributed by atoms with van der Waals surface area (Å²) >= 11 is 3.45. The predicted octanol–water partition coefficient (Wildman–Crippen LogP) is 2.48. The molecule has 0 fully saturated rings. The lowest BCUT2D eigenvalue weighted by atomic mass is 9.74. The molecule has 1 aromatic carbocycles. The first-order chi connectivity index (χ1) is 8.46. The molecule has 2 atom stereocenters. The van der Waals surface area contributed by atoms with Gasteiger partial charge in [0.2, 0.25) is 0 Å². The van der Waals surface area contributed by atoms with Crippen molar-refractivity contribution in [2.24, 2.45) is 5.92 Å². The highest BCUT2D eigenvalue weighted by atomic mass is 79.9. The number of esters is 1. The highest BCUT2D eigenvalue weighted by Crippen LogP contribution is 2.35. The van der Waals surface area contributed by atoms with E-state index in [1.54, 1.807) is 6.92 Å². The maximum atomic E-state index is 11.6. The van der Waals surface area contributed by atoms with Crippen molar-refractivity contribution in [1.82, 2.24) is 0 Å². The molecule has 0 spiro atoms. The molecule has 1 aliphatic carbocycles. The minimum Gasteiger partial charge on any atom is -0.469 e. The van der Waals surface area contributed by atoms with E-state index in [1.165, 1.54) is 12.7 Å². The first-order valence-corrected chi connectivity index (χ1v) is 6.83. The number of fused-ring (bicyclic) bond motifs is 1. The van der Waals surface area contributed by atoms with Crippen LogP contribution in [0.15, 0.2) is 22.7 Å². The Morgan fingerprint density at radius 2 is 2.22 bits per heavy atom. The number of aliphatic hydroxyl groups is 1. The number of halogens is 1. The van der Waals surface area contributed by atoms with Gasteiger partial charge < -0.3 is 9.84 Å². The quantitative estimate of drug-likeness (QED) is 0.853. The van der Waals surface area contributed by atoms with Gasteiger partial charge in [0.15, 0.2) is 0 Å². The van der Waals surface area contributed by atoms with E-state index < -0.39 is 11.5 Å². The molecule has 18 heavy (non-hydrogen) atoms. The highest BCUT2D eigenvalue weighted by Gasteiger charge is 2.41. The molecule has 1 N–H and O–H groups in total. The van der Waals surface area contributed by atoms with Crippen molar-refractivity contribution in [3.8, 4) is 0 Å². The van der Waals surface area contributed by atoms with Crippen LogP contribution in [0.1, 0.15) is 24.5 Å². The fourth-order valence-electron chi connectivity index (χ4n) is 2.53. The molecule has 0 aromatic heterocycles. The molecular weight excluding hydrogens is 296 g/mol. The summed E-state index contributed by atoms with van der Waals surface area (Å²) in [6.45, 7) is 1.73. The van der Waals surface area contributed by atoms with Crippen LogP contribution in [0.25, 0.3) is 0 Å². The first kappa shape index (κ1) is 13.6. The van der Waals surface area contributed by atoms with Crippen molar-refractivity contribution in [2.75, 3.05) is 7.11 Å². The summed E-state index contributed by atoms with van der Waals surface area (Å²) in [5.74, 6) is -0.850. The van der Waals surface area contributed by atoms with Crippen LogP contribution in [0, 0.1) is 5.92 Å². The summed E-state index contributed by atoms with van der Waals surface area (Å²) in [5, 5.41) is 10.6. The maximum Gasteiger partial charge on any atom is 0.311 e. The average Bonchev–Trinajstić information content (AvgIpc) is 2.37. The van der Waals surface area contributed by atoms with Crippen LogP contribution >= 0.6 is 15.9 Å². The van der Waals surface area contributed by atoms with Gasteiger partial charge in [-0.2, -0.15) is 0 Å². The van der Waals surface area contributed by atoms with Gasteiger partial charge in [-0.05, 0) is 43.0 Å². The molecule has 98 valence electrons. The van der Waals surface area contributed by atoms with Gasteiger partial charge >= 0.3 is 5.97 Å². The zero-order chi connectivity index (χ0) is 13.3. The van der Waals surface area contributed by atoms with Gasteiger partial charge in [0.1, 0.15) is 0 Å². The van der Waals surface area contributed by atoms with Crippen molar-refractivity contribution in [3.05, 3.63) is 33.8 Å². The topological polar surface area (TPSA) is 46.5 Å². The summed E-state index contributed by atoms with van der Waals surface area (Å²) in [5.41, 5.74) is 1.36. The number of methoxy groups -OCH3 is 1. The van der Waals surface area contributed by atoms with E-state index in [1.807, 2.05) is 12.1 Å². The maximum absolute atomic E-state index is 11.6. The van der Waals surface area contributed by atoms with Crippen molar-refractivity contribution < 1.29 is 14.6 Å². The SMILES string of the molecule is COC(=O)C(C)C1(O)CCc2cc(Br)ccc2C1. The molecule has 0 radical (unpaired) electrons. The normalized spacial score (nSPS) is 24.2. The molecule has 3 nitrogen and oxygen atoms in total. The first-order valence-electron chi connectivity index (χ1n) is 6.04. The lowest BCUT2D eigenvalue weighted by Crippen LogP contribution is -2.45. The zero-order valence-electron chi connectivity index (χ0n) is 10.6. The Hall–Kier alpha value is -0.870. The number of ether oxygens (including phenoxy) is 1. The van der Waals surface area contributed by atoms with E-state index in [9.17, 15) is 9.90 Å². The van der Waals surface area contributed by atoms with Crippen LogP contribution in [0.4, 0.5) is 0 Å². The number of hydrogen-bond donors (Lipinski definition) is 1. The third-order valence-electron chi connectivity index (χ3n) is 3.85. The van der Waals surface area contributed by atoms with E-state index >= 15 is 0 Å². The molecule has 0 saturated carbocycles. The number of carbonyl (C=O) groups is 1. The average molecular weight is 313 g/mol. The Labute approximate surface area is 115 Å². The van der Waals surface area contributed by atoms with Crippen molar-refractivity contribution in [1.29, 1.82) is 0 Å². The molecule has 0 aliphatic heterocycles. The number of rotatable bonds is 2. The van der Waals surface area contributed by atoms with E-state index in [4.69, 9.17) is 4.74 Å². The number of aryl methyl sites for hydroxylation is 1. The third kappa shape index (κ3) is 2.45. The third-order valence-corrected chi connectivity index (χ3v) is 4.35.